The number of methoxy groups -OCH3 is 3. The van der Waals surface area contributed by atoms with E-state index >= 15 is 0 Å². The molecule has 0 aromatic heterocycles. The molecule has 2 unspecified atom stereocenters. The Morgan fingerprint density at radius 3 is 2.26 bits per heavy atom. The largest absolute Gasteiger partial charge is 0.496 e. The maximum absolute atomic E-state index is 6.11. The van der Waals surface area contributed by atoms with Crippen LogP contribution in [0.5, 0.6) is 17.2 Å². The molecular formula is C23H40IN3O4. The second kappa shape index (κ2) is 13.2. The number of hydrogen-bond donors (Lipinski definition) is 2. The van der Waals surface area contributed by atoms with Crippen molar-refractivity contribution >= 4 is 29.9 Å². The van der Waals surface area contributed by atoms with Gasteiger partial charge in [0.2, 0.25) is 0 Å². The zero-order chi connectivity index (χ0) is 22.1. The van der Waals surface area contributed by atoms with E-state index in [2.05, 4.69) is 38.3 Å². The van der Waals surface area contributed by atoms with Crippen molar-refractivity contribution in [3.05, 3.63) is 17.7 Å². The maximum Gasteiger partial charge on any atom is 0.191 e. The first-order valence-electron chi connectivity index (χ1n) is 10.8. The maximum atomic E-state index is 6.11. The molecular weight excluding hydrogens is 509 g/mol. The molecule has 8 heteroatoms. The number of rotatable bonds is 8. The summed E-state index contributed by atoms with van der Waals surface area (Å²) in [6, 6.07) is 3.70. The summed E-state index contributed by atoms with van der Waals surface area (Å²) in [6.07, 6.45) is 2.50. The lowest BCUT2D eigenvalue weighted by atomic mass is 9.78. The zero-order valence-corrected chi connectivity index (χ0v) is 22.4. The summed E-state index contributed by atoms with van der Waals surface area (Å²) in [6.45, 7) is 11.7. The van der Waals surface area contributed by atoms with E-state index in [4.69, 9.17) is 23.9 Å². The molecule has 0 amide bonds. The van der Waals surface area contributed by atoms with Gasteiger partial charge in [0.25, 0.3) is 0 Å². The molecule has 31 heavy (non-hydrogen) atoms. The van der Waals surface area contributed by atoms with Crippen LogP contribution in [-0.2, 0) is 11.3 Å². The average Bonchev–Trinajstić information content (AvgIpc) is 2.74. The third-order valence-corrected chi connectivity index (χ3v) is 5.39. The van der Waals surface area contributed by atoms with Gasteiger partial charge < -0.3 is 29.6 Å². The minimum atomic E-state index is 0. The number of nitrogens with one attached hydrogen (secondary N) is 2. The van der Waals surface area contributed by atoms with Gasteiger partial charge >= 0.3 is 0 Å². The quantitative estimate of drug-likeness (QED) is 0.288. The summed E-state index contributed by atoms with van der Waals surface area (Å²) in [5.41, 5.74) is 0.998. The molecule has 2 N–H and O–H groups in total. The molecule has 2 atom stereocenters. The molecule has 1 aromatic rings. The van der Waals surface area contributed by atoms with Gasteiger partial charge in [0, 0.05) is 37.7 Å². The van der Waals surface area contributed by atoms with Crippen LogP contribution >= 0.6 is 24.0 Å². The summed E-state index contributed by atoms with van der Waals surface area (Å²) in [7, 11) is 4.90. The van der Waals surface area contributed by atoms with Gasteiger partial charge in [-0.3, -0.25) is 0 Å². The van der Waals surface area contributed by atoms with Crippen molar-refractivity contribution in [3.8, 4) is 17.2 Å². The van der Waals surface area contributed by atoms with E-state index in [0.717, 1.165) is 44.1 Å². The predicted octanol–water partition coefficient (Wildman–Crippen LogP) is 4.23. The Balaban J connectivity index is 0.00000480. The van der Waals surface area contributed by atoms with E-state index in [1.54, 1.807) is 21.3 Å². The van der Waals surface area contributed by atoms with Crippen LogP contribution in [0.1, 0.15) is 46.1 Å². The lowest BCUT2D eigenvalue weighted by molar-refractivity contribution is -0.0835. The molecule has 1 aliphatic rings. The van der Waals surface area contributed by atoms with Crippen LogP contribution in [0.3, 0.4) is 0 Å². The summed E-state index contributed by atoms with van der Waals surface area (Å²) >= 11 is 0. The highest BCUT2D eigenvalue weighted by Crippen LogP contribution is 2.35. The van der Waals surface area contributed by atoms with Crippen LogP contribution in [-0.4, -0.2) is 53.1 Å². The molecule has 7 nitrogen and oxygen atoms in total. The summed E-state index contributed by atoms with van der Waals surface area (Å²) in [5, 5.41) is 6.85. The fourth-order valence-corrected chi connectivity index (χ4v) is 3.97. The van der Waals surface area contributed by atoms with E-state index in [1.165, 1.54) is 0 Å². The van der Waals surface area contributed by atoms with E-state index in [0.29, 0.717) is 29.7 Å². The standard InChI is InChI=1S/C23H39N3O4.HI/c1-8-24-22(25-14-16-10-9-11-30-21(16)23(2,3)4)26-15-18-19(28-6)12-17(27-5)13-20(18)29-7;/h12-13,16,21H,8-11,14-15H2,1-7H3,(H2,24,25,26);1H. The average molecular weight is 549 g/mol. The second-order valence-electron chi connectivity index (χ2n) is 8.65. The number of ether oxygens (including phenoxy) is 4. The number of aliphatic imine (C=N–C) groups is 1. The Labute approximate surface area is 204 Å². The van der Waals surface area contributed by atoms with E-state index in [9.17, 15) is 0 Å². The van der Waals surface area contributed by atoms with Crippen molar-refractivity contribution in [1.82, 2.24) is 10.6 Å². The van der Waals surface area contributed by atoms with E-state index < -0.39 is 0 Å². The summed E-state index contributed by atoms with van der Waals surface area (Å²) in [4.78, 5) is 4.78. The SMILES string of the molecule is CCNC(=NCc1c(OC)cc(OC)cc1OC)NCC1CCCOC1C(C)(C)C.I. The molecule has 0 aliphatic carbocycles. The van der Waals surface area contributed by atoms with Gasteiger partial charge in [-0.05, 0) is 25.2 Å². The first-order valence-corrected chi connectivity index (χ1v) is 10.8. The Morgan fingerprint density at radius 2 is 1.74 bits per heavy atom. The number of guanidine groups is 1. The van der Waals surface area contributed by atoms with Crippen molar-refractivity contribution in [2.24, 2.45) is 16.3 Å². The fourth-order valence-electron chi connectivity index (χ4n) is 3.97. The normalized spacial score (nSPS) is 19.3. The van der Waals surface area contributed by atoms with Crippen LogP contribution in [0.4, 0.5) is 0 Å². The van der Waals surface area contributed by atoms with Gasteiger partial charge in [0.1, 0.15) is 17.2 Å². The molecule has 1 aromatic carbocycles. The highest BCUT2D eigenvalue weighted by atomic mass is 127. The Kier molecular flexibility index (Phi) is 11.8. The second-order valence-corrected chi connectivity index (χ2v) is 8.65. The molecule has 178 valence electrons. The minimum absolute atomic E-state index is 0. The lowest BCUT2D eigenvalue weighted by Gasteiger charge is -2.40. The molecule has 0 spiro atoms. The van der Waals surface area contributed by atoms with Gasteiger partial charge in [-0.2, -0.15) is 0 Å². The van der Waals surface area contributed by atoms with Gasteiger partial charge in [-0.15, -0.1) is 24.0 Å². The van der Waals surface area contributed by atoms with Gasteiger partial charge in [-0.1, -0.05) is 20.8 Å². The first kappa shape index (κ1) is 27.6. The van der Waals surface area contributed by atoms with Crippen molar-refractivity contribution < 1.29 is 18.9 Å². The smallest absolute Gasteiger partial charge is 0.191 e. The highest BCUT2D eigenvalue weighted by Gasteiger charge is 2.35. The van der Waals surface area contributed by atoms with E-state index in [-0.39, 0.29) is 35.5 Å². The van der Waals surface area contributed by atoms with Crippen molar-refractivity contribution in [2.75, 3.05) is 41.0 Å². The molecule has 0 saturated carbocycles. The molecule has 1 heterocycles. The lowest BCUT2D eigenvalue weighted by Crippen LogP contribution is -2.47. The number of nitrogens with zero attached hydrogens (tertiary/aromatic N) is 1. The number of hydrogen-bond acceptors (Lipinski definition) is 5. The zero-order valence-electron chi connectivity index (χ0n) is 20.0. The molecule has 2 rings (SSSR count). The summed E-state index contributed by atoms with van der Waals surface area (Å²) in [5.74, 6) is 3.30. The first-order chi connectivity index (χ1) is 14.3. The monoisotopic (exact) mass is 549 g/mol. The van der Waals surface area contributed by atoms with Crippen LogP contribution in [0, 0.1) is 11.3 Å². The number of halogens is 1. The molecule has 1 saturated heterocycles. The van der Waals surface area contributed by atoms with Crippen LogP contribution in [0.15, 0.2) is 17.1 Å². The van der Waals surface area contributed by atoms with Crippen molar-refractivity contribution in [3.63, 3.8) is 0 Å². The topological polar surface area (TPSA) is 73.3 Å². The Bertz CT molecular complexity index is 682. The van der Waals surface area contributed by atoms with Crippen molar-refractivity contribution in [2.45, 2.75) is 53.2 Å². The van der Waals surface area contributed by atoms with Gasteiger partial charge in [-0.25, -0.2) is 4.99 Å². The third-order valence-electron chi connectivity index (χ3n) is 5.39. The Hall–Kier alpha value is -1.42. The molecule has 1 fully saturated rings. The Morgan fingerprint density at radius 1 is 1.10 bits per heavy atom. The predicted molar refractivity (Wildman–Crippen MR) is 136 cm³/mol. The molecule has 0 radical (unpaired) electrons. The highest BCUT2D eigenvalue weighted by molar-refractivity contribution is 14.0. The number of benzene rings is 1. The fraction of sp³-hybridized carbons (Fsp3) is 0.696. The molecule has 1 aliphatic heterocycles. The minimum Gasteiger partial charge on any atom is -0.496 e. The van der Waals surface area contributed by atoms with Gasteiger partial charge in [0.15, 0.2) is 5.96 Å². The van der Waals surface area contributed by atoms with Crippen molar-refractivity contribution in [1.29, 1.82) is 0 Å². The van der Waals surface area contributed by atoms with Crippen LogP contribution in [0.25, 0.3) is 0 Å². The molecule has 0 bridgehead atoms. The van der Waals surface area contributed by atoms with Crippen LogP contribution in [0.2, 0.25) is 0 Å². The van der Waals surface area contributed by atoms with E-state index in [1.807, 2.05) is 12.1 Å². The third kappa shape index (κ3) is 7.89. The van der Waals surface area contributed by atoms with Gasteiger partial charge in [0.05, 0.1) is 39.5 Å². The summed E-state index contributed by atoms with van der Waals surface area (Å²) < 4.78 is 22.5. The van der Waals surface area contributed by atoms with Crippen LogP contribution < -0.4 is 24.8 Å².